The number of carbonyl (C=O) groups is 1. The number of hydrogen-bond acceptors (Lipinski definition) is 6. The summed E-state index contributed by atoms with van der Waals surface area (Å²) in [5.41, 5.74) is 3.40. The van der Waals surface area contributed by atoms with Gasteiger partial charge in [-0.05, 0) is 78.5 Å². The van der Waals surface area contributed by atoms with Gasteiger partial charge >= 0.3 is 0 Å². The van der Waals surface area contributed by atoms with Crippen molar-refractivity contribution in [3.05, 3.63) is 101 Å². The minimum Gasteiger partial charge on any atom is -0.393 e. The largest absolute Gasteiger partial charge is 0.393 e. The Morgan fingerprint density at radius 1 is 1.00 bits per heavy atom. The first-order chi connectivity index (χ1) is 21.0. The summed E-state index contributed by atoms with van der Waals surface area (Å²) in [6, 6.07) is 20.5. The van der Waals surface area contributed by atoms with E-state index in [0.717, 1.165) is 17.3 Å². The minimum atomic E-state index is -1.17. The fourth-order valence-corrected chi connectivity index (χ4v) is 5.67. The maximum atomic E-state index is 14.1. The normalized spacial score (nSPS) is 18.4. The zero-order valence-corrected chi connectivity index (χ0v) is 25.7. The number of aliphatic hydroxyl groups excluding tert-OH is 2. The molecular weight excluding hydrogens is 564 g/mol. The molecule has 9 heteroatoms. The maximum Gasteiger partial charge on any atom is 0.230 e. The predicted octanol–water partition coefficient (Wildman–Crippen LogP) is 5.84. The lowest BCUT2D eigenvalue weighted by Crippen LogP contribution is -2.50. The molecule has 1 aliphatic rings. The van der Waals surface area contributed by atoms with Crippen molar-refractivity contribution in [1.29, 1.82) is 0 Å². The van der Waals surface area contributed by atoms with Gasteiger partial charge in [-0.15, -0.1) is 0 Å². The van der Waals surface area contributed by atoms with E-state index < -0.39 is 35.1 Å². The predicted molar refractivity (Wildman–Crippen MR) is 168 cm³/mol. The van der Waals surface area contributed by atoms with Gasteiger partial charge in [0.2, 0.25) is 5.91 Å². The van der Waals surface area contributed by atoms with Gasteiger partial charge in [0.05, 0.1) is 24.3 Å². The lowest BCUT2D eigenvalue weighted by Gasteiger charge is -2.41. The molecule has 1 fully saturated rings. The fourth-order valence-electron chi connectivity index (χ4n) is 5.67. The summed E-state index contributed by atoms with van der Waals surface area (Å²) >= 11 is 0. The van der Waals surface area contributed by atoms with Crippen LogP contribution in [-0.2, 0) is 27.0 Å². The zero-order chi connectivity index (χ0) is 31.7. The number of amides is 1. The highest BCUT2D eigenvalue weighted by Crippen LogP contribution is 2.38. The Morgan fingerprint density at radius 3 is 2.32 bits per heavy atom. The molecule has 0 aromatic heterocycles. The molecule has 4 N–H and O–H groups in total. The standard InChI is InChI=1S/C35H43F2N3O4/c1-34(2,3)25-8-7-9-26(21-25)35(14-12-30(13-15-35)40-44-17-16-41)38-23-32(42)31(20-24-18-27(36)22-28(37)19-24)33(43)39-29-10-5-4-6-11-29/h4-11,18-19,21-22,31-32,38,41-42H,12-17,20,23H2,1-3H3,(H,39,43). The molecule has 44 heavy (non-hydrogen) atoms. The monoisotopic (exact) mass is 607 g/mol. The fraction of sp³-hybridized carbons (Fsp3) is 0.429. The van der Waals surface area contributed by atoms with Gasteiger partial charge in [-0.2, -0.15) is 0 Å². The molecule has 0 bridgehead atoms. The summed E-state index contributed by atoms with van der Waals surface area (Å²) in [5.74, 6) is -2.92. The van der Waals surface area contributed by atoms with Crippen LogP contribution in [0.3, 0.4) is 0 Å². The van der Waals surface area contributed by atoms with Crippen LogP contribution < -0.4 is 10.6 Å². The number of rotatable bonds is 12. The highest BCUT2D eigenvalue weighted by molar-refractivity contribution is 5.93. The Labute approximate surface area is 258 Å². The molecule has 3 aromatic carbocycles. The number of nitrogens with one attached hydrogen (secondary N) is 2. The van der Waals surface area contributed by atoms with E-state index in [2.05, 4.69) is 54.8 Å². The van der Waals surface area contributed by atoms with Gasteiger partial charge in [-0.25, -0.2) is 8.78 Å². The lowest BCUT2D eigenvalue weighted by atomic mass is 9.74. The van der Waals surface area contributed by atoms with E-state index in [1.807, 2.05) is 12.1 Å². The average Bonchev–Trinajstić information content (AvgIpc) is 2.99. The summed E-state index contributed by atoms with van der Waals surface area (Å²) in [4.78, 5) is 18.7. The molecule has 7 nitrogen and oxygen atoms in total. The van der Waals surface area contributed by atoms with Crippen LogP contribution in [0.25, 0.3) is 0 Å². The van der Waals surface area contributed by atoms with Crippen molar-refractivity contribution in [3.63, 3.8) is 0 Å². The van der Waals surface area contributed by atoms with Crippen molar-refractivity contribution < 1.29 is 28.6 Å². The number of aliphatic hydroxyl groups is 2. The van der Waals surface area contributed by atoms with E-state index in [4.69, 9.17) is 9.94 Å². The first kappa shape index (κ1) is 33.2. The van der Waals surface area contributed by atoms with Gasteiger partial charge in [0.15, 0.2) is 0 Å². The molecule has 0 radical (unpaired) electrons. The maximum absolute atomic E-state index is 14.1. The van der Waals surface area contributed by atoms with Crippen LogP contribution in [0.2, 0.25) is 0 Å². The summed E-state index contributed by atoms with van der Waals surface area (Å²) in [5, 5.41) is 31.2. The molecule has 0 spiro atoms. The third kappa shape index (κ3) is 8.94. The zero-order valence-electron chi connectivity index (χ0n) is 25.7. The molecule has 0 saturated heterocycles. The Kier molecular flexibility index (Phi) is 11.2. The van der Waals surface area contributed by atoms with E-state index in [1.165, 1.54) is 17.7 Å². The van der Waals surface area contributed by atoms with E-state index in [1.54, 1.807) is 24.3 Å². The van der Waals surface area contributed by atoms with Gasteiger partial charge in [0.1, 0.15) is 18.2 Å². The number of anilines is 1. The second-order valence-electron chi connectivity index (χ2n) is 12.5. The second kappa shape index (κ2) is 14.9. The van der Waals surface area contributed by atoms with Crippen LogP contribution >= 0.6 is 0 Å². The number of oxime groups is 1. The van der Waals surface area contributed by atoms with Gasteiger partial charge in [-0.3, -0.25) is 4.79 Å². The van der Waals surface area contributed by atoms with Crippen molar-refractivity contribution in [2.24, 2.45) is 11.1 Å². The first-order valence-corrected chi connectivity index (χ1v) is 15.1. The van der Waals surface area contributed by atoms with E-state index >= 15 is 0 Å². The number of carbonyl (C=O) groups excluding carboxylic acids is 1. The molecule has 2 atom stereocenters. The van der Waals surface area contributed by atoms with E-state index in [0.29, 0.717) is 31.4 Å². The van der Waals surface area contributed by atoms with Crippen molar-refractivity contribution in [2.45, 2.75) is 69.9 Å². The molecule has 0 aliphatic heterocycles. The van der Waals surface area contributed by atoms with Crippen molar-refractivity contribution in [1.82, 2.24) is 5.32 Å². The summed E-state index contributed by atoms with van der Waals surface area (Å²) in [6.07, 6.45) is 1.41. The van der Waals surface area contributed by atoms with Gasteiger partial charge in [0, 0.05) is 23.8 Å². The Bertz CT molecular complexity index is 1390. The van der Waals surface area contributed by atoms with Crippen LogP contribution in [0.5, 0.6) is 0 Å². The quantitative estimate of drug-likeness (QED) is 0.153. The topological polar surface area (TPSA) is 103 Å². The summed E-state index contributed by atoms with van der Waals surface area (Å²) < 4.78 is 28.1. The summed E-state index contributed by atoms with van der Waals surface area (Å²) in [7, 11) is 0. The number of benzene rings is 3. The van der Waals surface area contributed by atoms with Gasteiger partial charge in [0.25, 0.3) is 0 Å². The Morgan fingerprint density at radius 2 is 1.68 bits per heavy atom. The summed E-state index contributed by atoms with van der Waals surface area (Å²) in [6.45, 7) is 6.56. The number of hydrogen-bond donors (Lipinski definition) is 4. The van der Waals surface area contributed by atoms with Gasteiger partial charge in [-0.1, -0.05) is 68.4 Å². The third-order valence-electron chi connectivity index (χ3n) is 8.21. The average molecular weight is 608 g/mol. The molecule has 236 valence electrons. The molecule has 1 saturated carbocycles. The van der Waals surface area contributed by atoms with Crippen LogP contribution in [0.15, 0.2) is 78.0 Å². The van der Waals surface area contributed by atoms with Gasteiger partial charge < -0.3 is 25.7 Å². The van der Waals surface area contributed by atoms with Crippen LogP contribution in [0, 0.1) is 17.6 Å². The Hall–Kier alpha value is -3.66. The lowest BCUT2D eigenvalue weighted by molar-refractivity contribution is -0.123. The second-order valence-corrected chi connectivity index (χ2v) is 12.5. The SMILES string of the molecule is CC(C)(C)c1cccc(C2(NCC(O)C(Cc3cc(F)cc(F)c3)C(=O)Nc3ccccc3)CCC(=NOCCO)CC2)c1. The van der Waals surface area contributed by atoms with E-state index in [-0.39, 0.29) is 37.2 Å². The molecule has 1 amide bonds. The smallest absolute Gasteiger partial charge is 0.230 e. The Balaban J connectivity index is 1.60. The van der Waals surface area contributed by atoms with Crippen LogP contribution in [0.1, 0.15) is 63.1 Å². The van der Waals surface area contributed by atoms with Crippen LogP contribution in [0.4, 0.5) is 14.5 Å². The van der Waals surface area contributed by atoms with Crippen molar-refractivity contribution >= 4 is 17.3 Å². The highest BCUT2D eigenvalue weighted by atomic mass is 19.1. The molecule has 1 aliphatic carbocycles. The van der Waals surface area contributed by atoms with Crippen molar-refractivity contribution in [3.8, 4) is 0 Å². The molecule has 3 aromatic rings. The minimum absolute atomic E-state index is 0.0539. The van der Waals surface area contributed by atoms with Crippen LogP contribution in [-0.4, -0.2) is 47.7 Å². The number of para-hydroxylation sites is 1. The third-order valence-corrected chi connectivity index (χ3v) is 8.21. The van der Waals surface area contributed by atoms with E-state index in [9.17, 15) is 18.7 Å². The van der Waals surface area contributed by atoms with Crippen molar-refractivity contribution in [2.75, 3.05) is 25.1 Å². The number of nitrogens with zero attached hydrogens (tertiary/aromatic N) is 1. The molecule has 0 heterocycles. The first-order valence-electron chi connectivity index (χ1n) is 15.1. The molecular formula is C35H43F2N3O4. The highest BCUT2D eigenvalue weighted by Gasteiger charge is 2.38. The number of halogens is 2. The molecule has 2 unspecified atom stereocenters. The molecule has 4 rings (SSSR count).